The van der Waals surface area contributed by atoms with Crippen molar-refractivity contribution in [2.45, 2.75) is 5.41 Å². The zero-order chi connectivity index (χ0) is 13.3. The largest absolute Gasteiger partial charge is 0.468 e. The molecule has 1 aliphatic carbocycles. The van der Waals surface area contributed by atoms with Gasteiger partial charge in [0.15, 0.2) is 0 Å². The van der Waals surface area contributed by atoms with Crippen LogP contribution in [0.2, 0.25) is 0 Å². The molecule has 0 saturated carbocycles. The van der Waals surface area contributed by atoms with Crippen LogP contribution in [0.15, 0.2) is 66.7 Å². The Labute approximate surface area is 112 Å². The predicted octanol–water partition coefficient (Wildman–Crippen LogP) is 3.19. The lowest BCUT2D eigenvalue weighted by molar-refractivity contribution is -0.142. The third-order valence-electron chi connectivity index (χ3n) is 3.52. The molecule has 0 spiro atoms. The molecule has 0 bridgehead atoms. The van der Waals surface area contributed by atoms with Gasteiger partial charge in [-0.15, -0.1) is 0 Å². The van der Waals surface area contributed by atoms with Crippen molar-refractivity contribution in [3.63, 3.8) is 0 Å². The van der Waals surface area contributed by atoms with Gasteiger partial charge in [0.05, 0.1) is 7.11 Å². The van der Waals surface area contributed by atoms with E-state index in [0.717, 1.165) is 16.7 Å². The monoisotopic (exact) mass is 250 g/mol. The fourth-order valence-corrected chi connectivity index (χ4v) is 2.50. The Bertz CT molecular complexity index is 629. The standard InChI is InChI=1S/C17H14O2/c1-19-16(18)17(14-10-6-3-7-11-14)12-15(17)13-8-4-2-5-9-13/h2-12H,1H3/t17-/m1/s1. The van der Waals surface area contributed by atoms with E-state index in [0.29, 0.717) is 0 Å². The highest BCUT2D eigenvalue weighted by Gasteiger charge is 2.53. The highest BCUT2D eigenvalue weighted by atomic mass is 16.5. The molecule has 1 atom stereocenters. The fourth-order valence-electron chi connectivity index (χ4n) is 2.50. The van der Waals surface area contributed by atoms with Crippen molar-refractivity contribution in [3.05, 3.63) is 77.9 Å². The molecule has 0 aliphatic heterocycles. The average molecular weight is 250 g/mol. The van der Waals surface area contributed by atoms with E-state index in [9.17, 15) is 4.79 Å². The van der Waals surface area contributed by atoms with E-state index in [2.05, 4.69) is 0 Å². The highest BCUT2D eigenvalue weighted by Crippen LogP contribution is 2.53. The van der Waals surface area contributed by atoms with Gasteiger partial charge in [0.2, 0.25) is 0 Å². The van der Waals surface area contributed by atoms with E-state index in [1.165, 1.54) is 7.11 Å². The minimum absolute atomic E-state index is 0.224. The van der Waals surface area contributed by atoms with Crippen LogP contribution >= 0.6 is 0 Å². The van der Waals surface area contributed by atoms with Crippen molar-refractivity contribution in [1.82, 2.24) is 0 Å². The molecule has 0 aromatic heterocycles. The summed E-state index contributed by atoms with van der Waals surface area (Å²) in [6, 6.07) is 19.7. The molecule has 94 valence electrons. The van der Waals surface area contributed by atoms with Gasteiger partial charge in [0, 0.05) is 0 Å². The zero-order valence-electron chi connectivity index (χ0n) is 10.7. The van der Waals surface area contributed by atoms with Gasteiger partial charge in [0.1, 0.15) is 5.41 Å². The molecular formula is C17H14O2. The lowest BCUT2D eigenvalue weighted by Gasteiger charge is -2.16. The van der Waals surface area contributed by atoms with Gasteiger partial charge < -0.3 is 4.74 Å². The van der Waals surface area contributed by atoms with E-state index in [-0.39, 0.29) is 5.97 Å². The van der Waals surface area contributed by atoms with Crippen LogP contribution in [0.3, 0.4) is 0 Å². The van der Waals surface area contributed by atoms with Crippen molar-refractivity contribution >= 4 is 11.5 Å². The van der Waals surface area contributed by atoms with Gasteiger partial charge in [-0.25, -0.2) is 0 Å². The maximum absolute atomic E-state index is 12.2. The summed E-state index contributed by atoms with van der Waals surface area (Å²) in [6.07, 6.45) is 1.98. The molecule has 0 unspecified atom stereocenters. The molecule has 2 aromatic carbocycles. The van der Waals surface area contributed by atoms with E-state index in [1.54, 1.807) is 0 Å². The topological polar surface area (TPSA) is 26.3 Å². The lowest BCUT2D eigenvalue weighted by Crippen LogP contribution is -2.25. The first-order chi connectivity index (χ1) is 9.29. The number of carbonyl (C=O) groups is 1. The van der Waals surface area contributed by atoms with Crippen molar-refractivity contribution in [1.29, 1.82) is 0 Å². The molecule has 0 heterocycles. The lowest BCUT2D eigenvalue weighted by atomic mass is 9.88. The summed E-state index contributed by atoms with van der Waals surface area (Å²) < 4.78 is 4.99. The predicted molar refractivity (Wildman–Crippen MR) is 74.6 cm³/mol. The number of carbonyl (C=O) groups excluding carboxylic acids is 1. The van der Waals surface area contributed by atoms with Crippen molar-refractivity contribution in [2.75, 3.05) is 7.11 Å². The van der Waals surface area contributed by atoms with Crippen LogP contribution in [0, 0.1) is 0 Å². The number of hydrogen-bond acceptors (Lipinski definition) is 2. The highest BCUT2D eigenvalue weighted by molar-refractivity contribution is 6.12. The maximum atomic E-state index is 12.2. The molecule has 2 aromatic rings. The number of methoxy groups -OCH3 is 1. The first-order valence-corrected chi connectivity index (χ1v) is 6.22. The Morgan fingerprint density at radius 2 is 1.53 bits per heavy atom. The van der Waals surface area contributed by atoms with Crippen LogP contribution < -0.4 is 0 Å². The molecular weight excluding hydrogens is 236 g/mol. The zero-order valence-corrected chi connectivity index (χ0v) is 10.7. The van der Waals surface area contributed by atoms with Crippen LogP contribution in [0.5, 0.6) is 0 Å². The Hall–Kier alpha value is -2.35. The normalized spacial score (nSPS) is 20.6. The summed E-state index contributed by atoms with van der Waals surface area (Å²) >= 11 is 0. The van der Waals surface area contributed by atoms with E-state index in [4.69, 9.17) is 4.74 Å². The number of benzene rings is 2. The number of ether oxygens (including phenoxy) is 1. The molecule has 1 aliphatic rings. The van der Waals surface area contributed by atoms with Gasteiger partial charge in [0.25, 0.3) is 0 Å². The Morgan fingerprint density at radius 3 is 2.11 bits per heavy atom. The van der Waals surface area contributed by atoms with Gasteiger partial charge in [-0.05, 0) is 16.7 Å². The van der Waals surface area contributed by atoms with E-state index < -0.39 is 5.41 Å². The maximum Gasteiger partial charge on any atom is 0.324 e. The summed E-state index contributed by atoms with van der Waals surface area (Å²) in [5.74, 6) is -0.224. The summed E-state index contributed by atoms with van der Waals surface area (Å²) in [5, 5.41) is 0. The molecule has 2 nitrogen and oxygen atoms in total. The number of hydrogen-bond donors (Lipinski definition) is 0. The molecule has 0 saturated heterocycles. The van der Waals surface area contributed by atoms with Crippen molar-refractivity contribution in [3.8, 4) is 0 Å². The second-order valence-electron chi connectivity index (χ2n) is 4.59. The first kappa shape index (κ1) is 11.7. The summed E-state index contributed by atoms with van der Waals surface area (Å²) in [4.78, 5) is 12.2. The average Bonchev–Trinajstić information content (AvgIpc) is 3.25. The quantitative estimate of drug-likeness (QED) is 0.782. The molecule has 0 N–H and O–H groups in total. The van der Waals surface area contributed by atoms with Crippen LogP contribution in [0.1, 0.15) is 11.1 Å². The number of esters is 1. The van der Waals surface area contributed by atoms with Gasteiger partial charge in [-0.1, -0.05) is 66.7 Å². The molecule has 0 fully saturated rings. The van der Waals surface area contributed by atoms with E-state index >= 15 is 0 Å². The third-order valence-corrected chi connectivity index (χ3v) is 3.52. The summed E-state index contributed by atoms with van der Waals surface area (Å²) in [6.45, 7) is 0. The summed E-state index contributed by atoms with van der Waals surface area (Å²) in [5.41, 5.74) is 2.35. The van der Waals surface area contributed by atoms with Gasteiger partial charge >= 0.3 is 5.97 Å². The Morgan fingerprint density at radius 1 is 0.947 bits per heavy atom. The van der Waals surface area contributed by atoms with Crippen LogP contribution in [-0.2, 0) is 14.9 Å². The third kappa shape index (κ3) is 1.76. The summed E-state index contributed by atoms with van der Waals surface area (Å²) in [7, 11) is 1.43. The molecule has 19 heavy (non-hydrogen) atoms. The smallest absolute Gasteiger partial charge is 0.324 e. The minimum Gasteiger partial charge on any atom is -0.468 e. The molecule has 0 amide bonds. The van der Waals surface area contributed by atoms with E-state index in [1.807, 2.05) is 66.7 Å². The van der Waals surface area contributed by atoms with Crippen molar-refractivity contribution < 1.29 is 9.53 Å². The fraction of sp³-hybridized carbons (Fsp3) is 0.118. The number of rotatable bonds is 3. The molecule has 2 heteroatoms. The molecule has 0 radical (unpaired) electrons. The Kier molecular flexibility index (Phi) is 2.71. The minimum atomic E-state index is -0.697. The van der Waals surface area contributed by atoms with Gasteiger partial charge in [-0.3, -0.25) is 4.79 Å². The van der Waals surface area contributed by atoms with Gasteiger partial charge in [-0.2, -0.15) is 0 Å². The molecule has 3 rings (SSSR count). The van der Waals surface area contributed by atoms with Crippen LogP contribution in [0.4, 0.5) is 0 Å². The van der Waals surface area contributed by atoms with Crippen LogP contribution in [0.25, 0.3) is 5.57 Å². The second-order valence-corrected chi connectivity index (χ2v) is 4.59. The first-order valence-electron chi connectivity index (χ1n) is 6.22. The SMILES string of the molecule is COC(=O)[C@@]1(c2ccccc2)C=C1c1ccccc1. The van der Waals surface area contributed by atoms with Crippen LogP contribution in [-0.4, -0.2) is 13.1 Å². The second kappa shape index (κ2) is 4.39. The van der Waals surface area contributed by atoms with Crippen molar-refractivity contribution in [2.24, 2.45) is 0 Å². The Balaban J connectivity index is 2.03.